The fourth-order valence-electron chi connectivity index (χ4n) is 2.14. The van der Waals surface area contributed by atoms with Crippen molar-refractivity contribution in [2.75, 3.05) is 14.2 Å². The summed E-state index contributed by atoms with van der Waals surface area (Å²) in [7, 11) is 4.95. The van der Waals surface area contributed by atoms with Gasteiger partial charge in [0.25, 0.3) is 0 Å². The third kappa shape index (κ3) is 3.58. The van der Waals surface area contributed by atoms with E-state index in [2.05, 4.69) is 10.1 Å². The highest BCUT2D eigenvalue weighted by Gasteiger charge is 2.27. The number of esters is 1. The second-order valence-corrected chi connectivity index (χ2v) is 5.63. The first kappa shape index (κ1) is 16.7. The van der Waals surface area contributed by atoms with Crippen LogP contribution in [0.25, 0.3) is 0 Å². The van der Waals surface area contributed by atoms with E-state index >= 15 is 0 Å². The summed E-state index contributed by atoms with van der Waals surface area (Å²) in [6.07, 6.45) is 1.47. The summed E-state index contributed by atoms with van der Waals surface area (Å²) in [5.41, 5.74) is 0.700. The van der Waals surface area contributed by atoms with E-state index in [-0.39, 0.29) is 5.97 Å². The zero-order valence-corrected chi connectivity index (χ0v) is 14.0. The van der Waals surface area contributed by atoms with Crippen molar-refractivity contribution in [2.45, 2.75) is 12.6 Å². The van der Waals surface area contributed by atoms with Crippen LogP contribution in [0.2, 0.25) is 10.0 Å². The van der Waals surface area contributed by atoms with Crippen LogP contribution in [0.4, 0.5) is 0 Å². The van der Waals surface area contributed by atoms with Crippen LogP contribution < -0.4 is 0 Å². The van der Waals surface area contributed by atoms with Crippen LogP contribution in [-0.2, 0) is 23.1 Å². The van der Waals surface area contributed by atoms with Gasteiger partial charge in [-0.2, -0.15) is 5.10 Å². The molecule has 1 atom stereocenters. The van der Waals surface area contributed by atoms with Crippen molar-refractivity contribution in [3.05, 3.63) is 46.0 Å². The van der Waals surface area contributed by atoms with Crippen molar-refractivity contribution in [1.82, 2.24) is 19.7 Å². The van der Waals surface area contributed by atoms with E-state index in [1.54, 1.807) is 37.0 Å². The maximum atomic E-state index is 12.2. The van der Waals surface area contributed by atoms with Crippen molar-refractivity contribution < 1.29 is 9.53 Å². The number of nitrogens with zero attached hydrogens (tertiary/aromatic N) is 4. The van der Waals surface area contributed by atoms with Gasteiger partial charge in [0.2, 0.25) is 0 Å². The number of ether oxygens (including phenoxy) is 1. The molecule has 0 amide bonds. The molecule has 0 fully saturated rings. The molecule has 2 rings (SSSR count). The fourth-order valence-corrected chi connectivity index (χ4v) is 2.45. The molecule has 0 radical (unpaired) electrons. The van der Waals surface area contributed by atoms with Crippen LogP contribution in [0, 0.1) is 0 Å². The SMILES string of the molecule is COC(=O)[C@@H](c1ccc(Cl)c(Cl)c1)N(C)Cc1ncnn1C. The minimum absolute atomic E-state index is 0.386. The molecule has 118 valence electrons. The van der Waals surface area contributed by atoms with Crippen LogP contribution in [0.15, 0.2) is 24.5 Å². The van der Waals surface area contributed by atoms with Crippen LogP contribution in [0.1, 0.15) is 17.4 Å². The van der Waals surface area contributed by atoms with Gasteiger partial charge in [-0.1, -0.05) is 29.3 Å². The van der Waals surface area contributed by atoms with E-state index in [1.807, 2.05) is 4.90 Å². The summed E-state index contributed by atoms with van der Waals surface area (Å²) in [4.78, 5) is 18.2. The van der Waals surface area contributed by atoms with E-state index in [0.717, 1.165) is 5.82 Å². The van der Waals surface area contributed by atoms with E-state index in [0.29, 0.717) is 22.2 Å². The topological polar surface area (TPSA) is 60.2 Å². The number of hydrogen-bond donors (Lipinski definition) is 0. The monoisotopic (exact) mass is 342 g/mol. The third-order valence-electron chi connectivity index (χ3n) is 3.32. The van der Waals surface area contributed by atoms with Gasteiger partial charge in [0.15, 0.2) is 0 Å². The molecule has 1 aromatic heterocycles. The Hall–Kier alpha value is -1.63. The van der Waals surface area contributed by atoms with E-state index in [4.69, 9.17) is 27.9 Å². The molecule has 8 heteroatoms. The van der Waals surface area contributed by atoms with Crippen molar-refractivity contribution in [2.24, 2.45) is 7.05 Å². The third-order valence-corrected chi connectivity index (χ3v) is 4.06. The number of hydrogen-bond acceptors (Lipinski definition) is 5. The van der Waals surface area contributed by atoms with Crippen LogP contribution in [0.3, 0.4) is 0 Å². The molecule has 0 aliphatic heterocycles. The minimum atomic E-state index is -0.614. The lowest BCUT2D eigenvalue weighted by Gasteiger charge is -2.26. The first-order chi connectivity index (χ1) is 10.4. The maximum absolute atomic E-state index is 12.2. The Bertz CT molecular complexity index is 675. The zero-order chi connectivity index (χ0) is 16.3. The maximum Gasteiger partial charge on any atom is 0.327 e. The summed E-state index contributed by atoms with van der Waals surface area (Å²) < 4.78 is 6.56. The number of rotatable bonds is 5. The highest BCUT2D eigenvalue weighted by molar-refractivity contribution is 6.42. The number of aryl methyl sites for hydroxylation is 1. The number of benzene rings is 1. The number of carbonyl (C=O) groups is 1. The average molecular weight is 343 g/mol. The quantitative estimate of drug-likeness (QED) is 0.781. The second-order valence-electron chi connectivity index (χ2n) is 4.81. The van der Waals surface area contributed by atoms with E-state index < -0.39 is 6.04 Å². The number of halogens is 2. The summed E-state index contributed by atoms with van der Waals surface area (Å²) in [6, 6.07) is 4.46. The largest absolute Gasteiger partial charge is 0.468 e. The summed E-state index contributed by atoms with van der Waals surface area (Å²) in [5, 5.41) is 4.84. The Morgan fingerprint density at radius 2 is 2.14 bits per heavy atom. The van der Waals surface area contributed by atoms with Gasteiger partial charge in [-0.15, -0.1) is 0 Å². The van der Waals surface area contributed by atoms with Crippen LogP contribution >= 0.6 is 23.2 Å². The van der Waals surface area contributed by atoms with Crippen LogP contribution in [0.5, 0.6) is 0 Å². The van der Waals surface area contributed by atoms with E-state index in [1.165, 1.54) is 13.4 Å². The molecule has 0 N–H and O–H groups in total. The summed E-state index contributed by atoms with van der Waals surface area (Å²) in [6.45, 7) is 0.427. The standard InChI is InChI=1S/C14H16Cl2N4O2/c1-19(7-12-17-8-18-20(12)2)13(14(21)22-3)9-4-5-10(15)11(16)6-9/h4-6,8,13H,7H2,1-3H3/t13-/m1/s1. The first-order valence-corrected chi connectivity index (χ1v) is 7.25. The molecule has 0 saturated carbocycles. The lowest BCUT2D eigenvalue weighted by molar-refractivity contribution is -0.147. The molecule has 1 heterocycles. The molecule has 6 nitrogen and oxygen atoms in total. The second kappa shape index (κ2) is 7.09. The minimum Gasteiger partial charge on any atom is -0.468 e. The van der Waals surface area contributed by atoms with Crippen molar-refractivity contribution in [1.29, 1.82) is 0 Å². The lowest BCUT2D eigenvalue weighted by atomic mass is 10.1. The van der Waals surface area contributed by atoms with Crippen molar-refractivity contribution >= 4 is 29.2 Å². The molecule has 1 aromatic carbocycles. The average Bonchev–Trinajstić information content (AvgIpc) is 2.88. The smallest absolute Gasteiger partial charge is 0.327 e. The molecule has 0 saturated heterocycles. The molecule has 0 aliphatic rings. The Morgan fingerprint density at radius 3 is 2.68 bits per heavy atom. The molecule has 0 spiro atoms. The predicted molar refractivity (Wildman–Crippen MR) is 83.7 cm³/mol. The summed E-state index contributed by atoms with van der Waals surface area (Å²) >= 11 is 12.0. The number of aromatic nitrogens is 3. The number of methoxy groups -OCH3 is 1. The normalized spacial score (nSPS) is 12.5. The predicted octanol–water partition coefficient (Wildman–Crippen LogP) is 2.47. The molecule has 0 bridgehead atoms. The van der Waals surface area contributed by atoms with Crippen LogP contribution in [-0.4, -0.2) is 39.8 Å². The zero-order valence-electron chi connectivity index (χ0n) is 12.5. The Kier molecular flexibility index (Phi) is 5.39. The molecule has 0 unspecified atom stereocenters. The highest BCUT2D eigenvalue weighted by Crippen LogP contribution is 2.29. The highest BCUT2D eigenvalue weighted by atomic mass is 35.5. The first-order valence-electron chi connectivity index (χ1n) is 6.50. The van der Waals surface area contributed by atoms with Gasteiger partial charge in [-0.25, -0.2) is 9.78 Å². The van der Waals surface area contributed by atoms with Gasteiger partial charge in [0, 0.05) is 7.05 Å². The number of likely N-dealkylation sites (N-methyl/N-ethyl adjacent to an activating group) is 1. The Labute approximate surface area is 138 Å². The van der Waals surface area contributed by atoms with Gasteiger partial charge < -0.3 is 4.74 Å². The van der Waals surface area contributed by atoms with E-state index in [9.17, 15) is 4.79 Å². The van der Waals surface area contributed by atoms with Gasteiger partial charge in [0.1, 0.15) is 18.2 Å². The van der Waals surface area contributed by atoms with Gasteiger partial charge in [-0.3, -0.25) is 9.58 Å². The molecular formula is C14H16Cl2N4O2. The van der Waals surface area contributed by atoms with Gasteiger partial charge in [-0.05, 0) is 24.7 Å². The van der Waals surface area contributed by atoms with Gasteiger partial charge >= 0.3 is 5.97 Å². The molecule has 22 heavy (non-hydrogen) atoms. The summed E-state index contributed by atoms with van der Waals surface area (Å²) in [5.74, 6) is 0.347. The van der Waals surface area contributed by atoms with Crippen molar-refractivity contribution in [3.63, 3.8) is 0 Å². The Balaban J connectivity index is 2.31. The fraction of sp³-hybridized carbons (Fsp3) is 0.357. The van der Waals surface area contributed by atoms with Gasteiger partial charge in [0.05, 0.1) is 23.7 Å². The lowest BCUT2D eigenvalue weighted by Crippen LogP contribution is -2.32. The van der Waals surface area contributed by atoms with Crippen molar-refractivity contribution in [3.8, 4) is 0 Å². The molecule has 0 aliphatic carbocycles. The molecular weight excluding hydrogens is 327 g/mol. The Morgan fingerprint density at radius 1 is 1.41 bits per heavy atom. The number of carbonyl (C=O) groups excluding carboxylic acids is 1. The molecule has 2 aromatic rings.